The number of nitrogens with two attached hydrogens (primary N) is 1. The SMILES string of the molecule is CCCCCCCCC(=O)NC[C@@H]1O[C@H](Oc2c3cc4cc2Oc2ccc(cc2Cl)[C@@H](O)[C@@H](NC(=O)[C@@H](CC(C)C)NC)C(=O)N[C@@H](CC(N)=O)C(=O)N[C@H]4C(=O)N[C@H]2C(=O)N[C@H](C(=O)N[C@H](C(=O)NC4C5CC6CC(C5)CC4C6)c4cc(O)cc(O)c4-c4cc2ccc4O)[C@H](O)c2ccc(c(Cl)c2)O3)[C@@H](O)[C@H](O)[C@H]1O. The topological polar surface area (TPSA) is 487 Å². The largest absolute Gasteiger partial charge is 0.508 e. The summed E-state index contributed by atoms with van der Waals surface area (Å²) in [5, 5.41) is 119. The zero-order valence-corrected chi connectivity index (χ0v) is 62.9. The zero-order chi connectivity index (χ0) is 79.5. The molecule has 10 aliphatic rings. The molecule has 33 heteroatoms. The van der Waals surface area contributed by atoms with E-state index >= 15 is 24.0 Å². The lowest BCUT2D eigenvalue weighted by Gasteiger charge is -2.54. The van der Waals surface area contributed by atoms with Crippen LogP contribution in [0.1, 0.15) is 169 Å². The summed E-state index contributed by atoms with van der Waals surface area (Å²) in [4.78, 5) is 134. The van der Waals surface area contributed by atoms with E-state index in [1.807, 2.05) is 13.8 Å². The van der Waals surface area contributed by atoms with Gasteiger partial charge in [-0.05, 0) is 164 Å². The van der Waals surface area contributed by atoms with Crippen LogP contribution in [0.5, 0.6) is 46.0 Å². The highest BCUT2D eigenvalue weighted by atomic mass is 35.5. The number of benzene rings is 5. The molecule has 1 saturated heterocycles. The Hall–Kier alpha value is -9.57. The summed E-state index contributed by atoms with van der Waals surface area (Å²) in [6, 6.07) is 0.745. The number of hydrogen-bond acceptors (Lipinski definition) is 22. The highest BCUT2D eigenvalue weighted by Gasteiger charge is 2.51. The van der Waals surface area contributed by atoms with E-state index in [1.54, 1.807) is 0 Å². The standard InChI is InChI=1S/C78H94Cl2N10O21/c1-5-6-7-8-9-10-11-57(95)83-32-55-67(98)68(99)69(100)78(110-55)111-70-53-27-41-28-54(70)109-52-17-14-38(26-46(52)80)66(97)64-77(107)88-62(75(105)85-59-39-20-34-19-35(22-39)23-40(59)21-34)44-29-42(91)30-50(93)58(44)43-24-36(12-15-49(43)92)60(73(103)90-64)87-74(104)61(41)86-72(102)48(31-56(81)94)84-76(106)63(89-71(101)47(82-4)18-33(2)3)65(96)37-13-16-51(108-53)45(79)25-37/h12-17,24-30,33-35,39-40,47-48,55,59-69,78,82,91-93,96-100H,5-11,18-23,31-32H2,1-4H3,(H2,81,94)(H,83,95)(H,84,106)(H,85,105)(H,86,102)(H,87,104)(H,88,107)(H,89,101)(H,90,103)/t34?,35?,39?,40?,47-,48+,55+,59?,60-,61-,62+,63-,64+,65-,66-,67+,68-,69+,78-/m1/s1. The van der Waals surface area contributed by atoms with Crippen molar-refractivity contribution < 1.29 is 103 Å². The summed E-state index contributed by atoms with van der Waals surface area (Å²) in [5.74, 6) is -13.2. The van der Waals surface area contributed by atoms with E-state index in [9.17, 15) is 60.0 Å². The second-order valence-electron chi connectivity index (χ2n) is 30.4. The Morgan fingerprint density at radius 1 is 0.622 bits per heavy atom. The summed E-state index contributed by atoms with van der Waals surface area (Å²) in [6.45, 7) is 5.33. The van der Waals surface area contributed by atoms with E-state index in [2.05, 4.69) is 54.8 Å². The molecule has 111 heavy (non-hydrogen) atoms. The third-order valence-corrected chi connectivity index (χ3v) is 22.6. The molecule has 15 rings (SSSR count). The van der Waals surface area contributed by atoms with Gasteiger partial charge in [-0.1, -0.05) is 94.3 Å². The number of aliphatic hydroxyl groups excluding tert-OH is 5. The van der Waals surface area contributed by atoms with Gasteiger partial charge in [-0.2, -0.15) is 0 Å². The molecule has 14 atom stereocenters. The fourth-order valence-electron chi connectivity index (χ4n) is 16.5. The number of phenols is 3. The van der Waals surface area contributed by atoms with Gasteiger partial charge in [-0.25, -0.2) is 0 Å². The van der Waals surface area contributed by atoms with Gasteiger partial charge >= 0.3 is 0 Å². The van der Waals surface area contributed by atoms with Gasteiger partial charge in [0.2, 0.25) is 65.2 Å². The summed E-state index contributed by atoms with van der Waals surface area (Å²) in [7, 11) is 1.49. The quantitative estimate of drug-likeness (QED) is 0.0473. The van der Waals surface area contributed by atoms with Crippen molar-refractivity contribution in [2.75, 3.05) is 13.6 Å². The molecule has 4 aliphatic carbocycles. The van der Waals surface area contributed by atoms with E-state index in [1.165, 1.54) is 31.3 Å². The predicted molar refractivity (Wildman–Crippen MR) is 398 cm³/mol. The predicted octanol–water partition coefficient (Wildman–Crippen LogP) is 4.60. The molecule has 19 N–H and O–H groups in total. The molecule has 5 aromatic rings. The van der Waals surface area contributed by atoms with Crippen molar-refractivity contribution in [1.29, 1.82) is 0 Å². The van der Waals surface area contributed by atoms with Crippen LogP contribution in [0.25, 0.3) is 11.1 Å². The van der Waals surface area contributed by atoms with Crippen molar-refractivity contribution in [2.45, 2.75) is 202 Å². The van der Waals surface area contributed by atoms with Crippen molar-refractivity contribution in [3.8, 4) is 57.1 Å². The Kier molecular flexibility index (Phi) is 25.2. The number of likely N-dealkylation sites (N-methyl/N-ethyl adjacent to an activating group) is 1. The molecular formula is C78H94Cl2N10O21. The molecule has 0 spiro atoms. The number of nitrogens with one attached hydrogen (secondary N) is 9. The summed E-state index contributed by atoms with van der Waals surface area (Å²) < 4.78 is 26.0. The van der Waals surface area contributed by atoms with Crippen LogP contribution >= 0.6 is 23.2 Å². The first-order valence-electron chi connectivity index (χ1n) is 37.5. The van der Waals surface area contributed by atoms with Crippen LogP contribution in [-0.4, -0.2) is 169 Å². The zero-order valence-electron chi connectivity index (χ0n) is 61.4. The number of rotatable bonds is 20. The summed E-state index contributed by atoms with van der Waals surface area (Å²) in [5.41, 5.74) is 3.81. The number of ether oxygens (including phenoxy) is 4. The van der Waals surface area contributed by atoms with Crippen LogP contribution in [0.3, 0.4) is 0 Å². The number of carbonyl (C=O) groups excluding carboxylic acids is 9. The van der Waals surface area contributed by atoms with Gasteiger partial charge in [0.25, 0.3) is 0 Å². The Morgan fingerprint density at radius 3 is 1.85 bits per heavy atom. The van der Waals surface area contributed by atoms with Crippen molar-refractivity contribution in [1.82, 2.24) is 47.9 Å². The van der Waals surface area contributed by atoms with Crippen LogP contribution in [-0.2, 0) is 47.9 Å². The molecule has 0 radical (unpaired) electrons. The monoisotopic (exact) mass is 1580 g/mol. The minimum atomic E-state index is -2.30. The summed E-state index contributed by atoms with van der Waals surface area (Å²) in [6.07, 6.45) is -4.72. The lowest BCUT2D eigenvalue weighted by Crippen LogP contribution is -2.61. The first kappa shape index (κ1) is 80.9. The molecule has 0 aromatic heterocycles. The van der Waals surface area contributed by atoms with E-state index in [-0.39, 0.29) is 91.6 Å². The van der Waals surface area contributed by atoms with Gasteiger partial charge < -0.3 is 113 Å². The first-order chi connectivity index (χ1) is 52.9. The highest BCUT2D eigenvalue weighted by molar-refractivity contribution is 6.32. The van der Waals surface area contributed by atoms with E-state index in [0.29, 0.717) is 18.3 Å². The highest BCUT2D eigenvalue weighted by Crippen LogP contribution is 2.55. The molecule has 6 heterocycles. The van der Waals surface area contributed by atoms with Gasteiger partial charge in [0.05, 0.1) is 22.5 Å². The van der Waals surface area contributed by atoms with Gasteiger partial charge in [0.15, 0.2) is 11.5 Å². The molecule has 6 aliphatic heterocycles. The number of carbonyl (C=O) groups is 9. The van der Waals surface area contributed by atoms with Gasteiger partial charge in [0, 0.05) is 36.2 Å². The van der Waals surface area contributed by atoms with E-state index < -0.39 is 191 Å². The third kappa shape index (κ3) is 18.0. The molecule has 4 saturated carbocycles. The average molecular weight is 1580 g/mol. The minimum absolute atomic E-state index is 0.0818. The van der Waals surface area contributed by atoms with Crippen LogP contribution in [0, 0.1) is 29.6 Å². The number of phenolic OH excluding ortho intramolecular Hbond substituents is 3. The van der Waals surface area contributed by atoms with Gasteiger partial charge in [-0.3, -0.25) is 43.2 Å². The number of hydrogen-bond donors (Lipinski definition) is 18. The smallest absolute Gasteiger partial charge is 0.248 e. The third-order valence-electron chi connectivity index (χ3n) is 22.0. The van der Waals surface area contributed by atoms with E-state index in [0.717, 1.165) is 119 Å². The van der Waals surface area contributed by atoms with Crippen molar-refractivity contribution >= 4 is 76.4 Å². The Balaban J connectivity index is 1.03. The number of primary amides is 1. The Labute approximate surface area is 648 Å². The van der Waals surface area contributed by atoms with E-state index in [4.69, 9.17) is 47.9 Å². The number of aromatic hydroxyl groups is 3. The average Bonchev–Trinajstić information content (AvgIpc) is 0.761. The van der Waals surface area contributed by atoms with Gasteiger partial charge in [0.1, 0.15) is 102 Å². The fraction of sp³-hybridized carbons (Fsp3) is 0.500. The Morgan fingerprint density at radius 2 is 1.23 bits per heavy atom. The second-order valence-corrected chi connectivity index (χ2v) is 31.3. The molecule has 5 fully saturated rings. The maximum absolute atomic E-state index is 16.2. The number of unbranched alkanes of at least 4 members (excludes halogenated alkanes) is 5. The molecule has 596 valence electrons. The Bertz CT molecular complexity index is 4370. The normalized spacial score (nSPS) is 28.5. The molecule has 15 bridgehead atoms. The maximum atomic E-state index is 16.2. The number of fused-ring (bicyclic) bond motifs is 15. The molecule has 0 unspecified atom stereocenters. The number of aliphatic hydroxyl groups is 5. The van der Waals surface area contributed by atoms with Crippen LogP contribution in [0.15, 0.2) is 78.9 Å². The molecule has 9 amide bonds. The minimum Gasteiger partial charge on any atom is -0.508 e. The maximum Gasteiger partial charge on any atom is 0.248 e. The molecule has 5 aromatic carbocycles. The molecular weight excluding hydrogens is 1480 g/mol. The number of halogens is 2. The van der Waals surface area contributed by atoms with Crippen LogP contribution in [0.4, 0.5) is 0 Å². The first-order valence-corrected chi connectivity index (χ1v) is 38.3. The van der Waals surface area contributed by atoms with Crippen molar-refractivity contribution in [3.63, 3.8) is 0 Å². The fourth-order valence-corrected chi connectivity index (χ4v) is 17.0. The van der Waals surface area contributed by atoms with Gasteiger partial charge in [-0.15, -0.1) is 0 Å². The van der Waals surface area contributed by atoms with Crippen molar-refractivity contribution in [2.24, 2.45) is 35.3 Å². The number of amides is 9. The lowest BCUT2D eigenvalue weighted by molar-refractivity contribution is -0.271. The lowest BCUT2D eigenvalue weighted by atomic mass is 9.54. The molecule has 31 nitrogen and oxygen atoms in total. The second kappa shape index (κ2) is 34.6. The van der Waals surface area contributed by atoms with Crippen molar-refractivity contribution in [3.05, 3.63) is 117 Å². The van der Waals surface area contributed by atoms with Crippen LogP contribution in [0.2, 0.25) is 10.0 Å². The van der Waals surface area contributed by atoms with Crippen LogP contribution < -0.4 is 67.8 Å². The summed E-state index contributed by atoms with van der Waals surface area (Å²) >= 11 is 14.3.